The van der Waals surface area contributed by atoms with E-state index in [1.807, 2.05) is 12.1 Å². The number of hydrogen-bond acceptors (Lipinski definition) is 7. The lowest BCUT2D eigenvalue weighted by atomic mass is 10.2. The number of nitrogens with one attached hydrogen (secondary N) is 1. The number of carbonyl (C=O) groups excluding carboxylic acids is 1. The van der Waals surface area contributed by atoms with Crippen LogP contribution in [-0.4, -0.2) is 18.0 Å². The van der Waals surface area contributed by atoms with Gasteiger partial charge in [0, 0.05) is 18.8 Å². The number of amides is 1. The van der Waals surface area contributed by atoms with E-state index in [4.69, 9.17) is 21.5 Å². The van der Waals surface area contributed by atoms with Crippen molar-refractivity contribution in [1.29, 1.82) is 5.26 Å². The topological polar surface area (TPSA) is 127 Å². The van der Waals surface area contributed by atoms with E-state index < -0.39 is 5.91 Å². The molecule has 2 aromatic rings. The van der Waals surface area contributed by atoms with Gasteiger partial charge in [-0.2, -0.15) is 5.26 Å². The molecule has 0 saturated carbocycles. The number of nitrogens with zero attached hydrogens (tertiary/aromatic N) is 2. The Balaban J connectivity index is 2.17. The van der Waals surface area contributed by atoms with E-state index in [0.29, 0.717) is 17.4 Å². The van der Waals surface area contributed by atoms with Crippen LogP contribution < -0.4 is 21.5 Å². The number of ether oxygens (including phenoxy) is 1. The van der Waals surface area contributed by atoms with Crippen molar-refractivity contribution in [3.63, 3.8) is 0 Å². The zero-order valence-corrected chi connectivity index (χ0v) is 12.0. The molecule has 0 unspecified atom stereocenters. The van der Waals surface area contributed by atoms with Crippen LogP contribution in [0, 0.1) is 11.3 Å². The molecule has 0 aromatic carbocycles. The first kappa shape index (κ1) is 14.6. The Hall–Kier alpha value is -2.79. The standard InChI is InChI=1S/C13H13N5O2S/c1-20-9-3-2-7(5-17-9)6-18-13-8(4-14)10(15)11(21-13)12(16)19/h2-3,5,18H,6,15H2,1H3,(H2,16,19). The van der Waals surface area contributed by atoms with Gasteiger partial charge < -0.3 is 21.5 Å². The highest BCUT2D eigenvalue weighted by Crippen LogP contribution is 2.35. The summed E-state index contributed by atoms with van der Waals surface area (Å²) in [6, 6.07) is 5.55. The maximum absolute atomic E-state index is 11.2. The van der Waals surface area contributed by atoms with Crippen molar-refractivity contribution >= 4 is 27.9 Å². The van der Waals surface area contributed by atoms with Gasteiger partial charge in [0.25, 0.3) is 5.91 Å². The third-order valence-corrected chi connectivity index (χ3v) is 3.92. The number of thiophene rings is 1. The van der Waals surface area contributed by atoms with Gasteiger partial charge in [0.1, 0.15) is 21.5 Å². The first-order chi connectivity index (χ1) is 10.1. The molecule has 21 heavy (non-hydrogen) atoms. The summed E-state index contributed by atoms with van der Waals surface area (Å²) >= 11 is 1.07. The zero-order chi connectivity index (χ0) is 15.4. The van der Waals surface area contributed by atoms with Crippen LogP contribution in [0.25, 0.3) is 0 Å². The van der Waals surface area contributed by atoms with Crippen LogP contribution in [0.4, 0.5) is 10.7 Å². The highest BCUT2D eigenvalue weighted by Gasteiger charge is 2.19. The summed E-state index contributed by atoms with van der Waals surface area (Å²) in [6.07, 6.45) is 1.66. The SMILES string of the molecule is COc1ccc(CNc2sc(C(N)=O)c(N)c2C#N)cn1. The number of anilines is 2. The summed E-state index contributed by atoms with van der Waals surface area (Å²) in [5, 5.41) is 12.7. The molecule has 7 nitrogen and oxygen atoms in total. The molecule has 5 N–H and O–H groups in total. The Bertz CT molecular complexity index is 703. The van der Waals surface area contributed by atoms with Crippen molar-refractivity contribution < 1.29 is 9.53 Å². The van der Waals surface area contributed by atoms with E-state index in [1.54, 1.807) is 19.4 Å². The lowest BCUT2D eigenvalue weighted by Crippen LogP contribution is -2.10. The second-order valence-electron chi connectivity index (χ2n) is 4.09. The van der Waals surface area contributed by atoms with E-state index in [9.17, 15) is 4.79 Å². The van der Waals surface area contributed by atoms with Gasteiger partial charge in [0.05, 0.1) is 12.8 Å². The molecule has 0 fully saturated rings. The van der Waals surface area contributed by atoms with Crippen LogP contribution in [-0.2, 0) is 6.54 Å². The van der Waals surface area contributed by atoms with Crippen LogP contribution in [0.2, 0.25) is 0 Å². The van der Waals surface area contributed by atoms with Gasteiger partial charge in [0.2, 0.25) is 5.88 Å². The molecule has 2 aromatic heterocycles. The van der Waals surface area contributed by atoms with Crippen LogP contribution in [0.15, 0.2) is 18.3 Å². The molecule has 108 valence electrons. The number of rotatable bonds is 5. The lowest BCUT2D eigenvalue weighted by molar-refractivity contribution is 0.100. The van der Waals surface area contributed by atoms with Gasteiger partial charge >= 0.3 is 0 Å². The Labute approximate surface area is 125 Å². The molecular weight excluding hydrogens is 290 g/mol. The number of nitrogen functional groups attached to an aromatic ring is 1. The third-order valence-electron chi connectivity index (χ3n) is 2.74. The fourth-order valence-electron chi connectivity index (χ4n) is 1.68. The van der Waals surface area contributed by atoms with Gasteiger partial charge in [-0.25, -0.2) is 4.98 Å². The summed E-state index contributed by atoms with van der Waals surface area (Å²) in [5.74, 6) is -0.124. The van der Waals surface area contributed by atoms with E-state index in [2.05, 4.69) is 10.3 Å². The predicted molar refractivity (Wildman–Crippen MR) is 80.1 cm³/mol. The zero-order valence-electron chi connectivity index (χ0n) is 11.2. The average Bonchev–Trinajstić information content (AvgIpc) is 2.81. The second-order valence-corrected chi connectivity index (χ2v) is 5.11. The van der Waals surface area contributed by atoms with Crippen LogP contribution in [0.5, 0.6) is 5.88 Å². The monoisotopic (exact) mass is 303 g/mol. The quantitative estimate of drug-likeness (QED) is 0.764. The molecule has 0 aliphatic heterocycles. The molecule has 0 saturated heterocycles. The van der Waals surface area contributed by atoms with Crippen molar-refractivity contribution in [3.05, 3.63) is 34.3 Å². The molecular formula is C13H13N5O2S. The number of methoxy groups -OCH3 is 1. The summed E-state index contributed by atoms with van der Waals surface area (Å²) in [7, 11) is 1.54. The van der Waals surface area contributed by atoms with Crippen LogP contribution in [0.1, 0.15) is 20.8 Å². The van der Waals surface area contributed by atoms with E-state index in [-0.39, 0.29) is 16.1 Å². The molecule has 2 rings (SSSR count). The summed E-state index contributed by atoms with van der Waals surface area (Å²) in [6.45, 7) is 0.434. The first-order valence-corrected chi connectivity index (χ1v) is 6.73. The smallest absolute Gasteiger partial charge is 0.261 e. The van der Waals surface area contributed by atoms with E-state index in [0.717, 1.165) is 16.9 Å². The number of aromatic nitrogens is 1. The number of hydrogen-bond donors (Lipinski definition) is 3. The summed E-state index contributed by atoms with van der Waals surface area (Å²) in [5.41, 5.74) is 12.2. The van der Waals surface area contributed by atoms with Crippen molar-refractivity contribution in [3.8, 4) is 11.9 Å². The largest absolute Gasteiger partial charge is 0.481 e. The highest BCUT2D eigenvalue weighted by atomic mass is 32.1. The van der Waals surface area contributed by atoms with Gasteiger partial charge in [-0.1, -0.05) is 6.07 Å². The molecule has 0 spiro atoms. The van der Waals surface area contributed by atoms with Crippen LogP contribution >= 0.6 is 11.3 Å². The maximum Gasteiger partial charge on any atom is 0.261 e. The number of nitrogens with two attached hydrogens (primary N) is 2. The molecule has 0 bridgehead atoms. The lowest BCUT2D eigenvalue weighted by Gasteiger charge is -2.05. The fourth-order valence-corrected chi connectivity index (χ4v) is 2.60. The Morgan fingerprint density at radius 1 is 1.57 bits per heavy atom. The van der Waals surface area contributed by atoms with Crippen molar-refractivity contribution in [2.75, 3.05) is 18.2 Å². The minimum Gasteiger partial charge on any atom is -0.481 e. The van der Waals surface area contributed by atoms with Gasteiger partial charge in [-0.3, -0.25) is 4.79 Å². The molecule has 1 amide bonds. The van der Waals surface area contributed by atoms with Gasteiger partial charge in [-0.15, -0.1) is 11.3 Å². The summed E-state index contributed by atoms with van der Waals surface area (Å²) < 4.78 is 4.97. The normalized spacial score (nSPS) is 9.90. The highest BCUT2D eigenvalue weighted by molar-refractivity contribution is 7.18. The molecule has 2 heterocycles. The molecule has 8 heteroatoms. The second kappa shape index (κ2) is 6.11. The van der Waals surface area contributed by atoms with Gasteiger partial charge in [-0.05, 0) is 5.56 Å². The summed E-state index contributed by atoms with van der Waals surface area (Å²) in [4.78, 5) is 15.5. The molecule has 0 aliphatic carbocycles. The maximum atomic E-state index is 11.2. The Morgan fingerprint density at radius 2 is 2.33 bits per heavy atom. The van der Waals surface area contributed by atoms with Crippen molar-refractivity contribution in [2.45, 2.75) is 6.54 Å². The Morgan fingerprint density at radius 3 is 2.86 bits per heavy atom. The molecule has 0 atom stereocenters. The fraction of sp³-hybridized carbons (Fsp3) is 0.154. The van der Waals surface area contributed by atoms with Gasteiger partial charge in [0.15, 0.2) is 0 Å². The number of nitriles is 1. The minimum absolute atomic E-state index is 0.116. The van der Waals surface area contributed by atoms with E-state index >= 15 is 0 Å². The average molecular weight is 303 g/mol. The molecule has 0 aliphatic rings. The van der Waals surface area contributed by atoms with Crippen LogP contribution in [0.3, 0.4) is 0 Å². The van der Waals surface area contributed by atoms with E-state index in [1.165, 1.54) is 0 Å². The minimum atomic E-state index is -0.645. The third kappa shape index (κ3) is 3.04. The number of pyridine rings is 1. The van der Waals surface area contributed by atoms with Crippen molar-refractivity contribution in [1.82, 2.24) is 4.98 Å². The van der Waals surface area contributed by atoms with Crippen molar-refractivity contribution in [2.24, 2.45) is 5.73 Å². The number of carbonyl (C=O) groups is 1. The predicted octanol–water partition coefficient (Wildman–Crippen LogP) is 1.32. The Kier molecular flexibility index (Phi) is 4.25. The molecule has 0 radical (unpaired) electrons. The first-order valence-electron chi connectivity index (χ1n) is 5.91. The number of primary amides is 1.